The number of rotatable bonds is 1. The Bertz CT molecular complexity index is 492. The molecule has 2 rings (SSSR count). The Morgan fingerprint density at radius 3 is 3.07 bits per heavy atom. The number of carbonyl (C=O) groups is 1. The van der Waals surface area contributed by atoms with E-state index in [0.29, 0.717) is 21.1 Å². The van der Waals surface area contributed by atoms with Crippen LogP contribution in [-0.2, 0) is 4.74 Å². The second-order valence-corrected chi connectivity index (χ2v) is 3.39. The van der Waals surface area contributed by atoms with Crippen LogP contribution in [0.5, 0.6) is 0 Å². The maximum Gasteiger partial charge on any atom is 0.338 e. The van der Waals surface area contributed by atoms with E-state index in [1.165, 1.54) is 7.11 Å². The summed E-state index contributed by atoms with van der Waals surface area (Å²) in [5, 5.41) is 4.35. The summed E-state index contributed by atoms with van der Waals surface area (Å²) in [5.41, 5.74) is 0.998. The highest BCUT2D eigenvalue weighted by Crippen LogP contribution is 2.26. The molecule has 0 saturated carbocycles. The third-order valence-corrected chi connectivity index (χ3v) is 2.40. The van der Waals surface area contributed by atoms with Gasteiger partial charge in [0.1, 0.15) is 0 Å². The molecule has 0 aliphatic heterocycles. The lowest BCUT2D eigenvalue weighted by Crippen LogP contribution is -2.01. The predicted molar refractivity (Wildman–Crippen MR) is 53.0 cm³/mol. The van der Waals surface area contributed by atoms with Crippen molar-refractivity contribution >= 4 is 32.9 Å². The number of benzene rings is 1. The molecule has 5 heteroatoms. The molecule has 0 aliphatic carbocycles. The van der Waals surface area contributed by atoms with Crippen LogP contribution in [0.1, 0.15) is 10.4 Å². The van der Waals surface area contributed by atoms with Gasteiger partial charge in [-0.3, -0.25) is 0 Å². The standard InChI is InChI=1S/C9H6BrNO3/c1-13-9(12)5-3-2-4-6-7(5)8(10)11-14-6/h2-4H,1H3. The van der Waals surface area contributed by atoms with Crippen molar-refractivity contribution < 1.29 is 14.1 Å². The Balaban J connectivity index is 2.75. The van der Waals surface area contributed by atoms with Crippen molar-refractivity contribution in [3.8, 4) is 0 Å². The molecular formula is C9H6BrNO3. The van der Waals surface area contributed by atoms with Crippen molar-refractivity contribution in [2.45, 2.75) is 0 Å². The summed E-state index contributed by atoms with van der Waals surface area (Å²) in [6, 6.07) is 5.11. The Kier molecular flexibility index (Phi) is 2.25. The Labute approximate surface area is 88.0 Å². The minimum Gasteiger partial charge on any atom is -0.465 e. The zero-order valence-corrected chi connectivity index (χ0v) is 8.87. The van der Waals surface area contributed by atoms with Crippen molar-refractivity contribution in [3.63, 3.8) is 0 Å². The fourth-order valence-corrected chi connectivity index (χ4v) is 1.72. The minimum absolute atomic E-state index is 0.403. The van der Waals surface area contributed by atoms with Crippen LogP contribution in [0.3, 0.4) is 0 Å². The zero-order chi connectivity index (χ0) is 10.1. The molecule has 0 amide bonds. The SMILES string of the molecule is COC(=O)c1cccc2onc(Br)c12. The van der Waals surface area contributed by atoms with Crippen LogP contribution in [-0.4, -0.2) is 18.2 Å². The summed E-state index contributed by atoms with van der Waals surface area (Å²) in [5.74, 6) is -0.403. The molecule has 0 radical (unpaired) electrons. The maximum atomic E-state index is 11.4. The van der Waals surface area contributed by atoms with Gasteiger partial charge in [0.05, 0.1) is 18.1 Å². The summed E-state index contributed by atoms with van der Waals surface area (Å²) in [7, 11) is 1.34. The molecule has 0 N–H and O–H groups in total. The Hall–Kier alpha value is -1.36. The summed E-state index contributed by atoms with van der Waals surface area (Å²) < 4.78 is 10.1. The van der Waals surface area contributed by atoms with E-state index >= 15 is 0 Å². The number of nitrogens with zero attached hydrogens (tertiary/aromatic N) is 1. The molecule has 14 heavy (non-hydrogen) atoms. The number of carbonyl (C=O) groups excluding carboxylic acids is 1. The van der Waals surface area contributed by atoms with Crippen LogP contribution in [0, 0.1) is 0 Å². The number of methoxy groups -OCH3 is 1. The van der Waals surface area contributed by atoms with E-state index in [9.17, 15) is 4.79 Å². The first-order valence-corrected chi connectivity index (χ1v) is 4.65. The summed E-state index contributed by atoms with van der Waals surface area (Å²) >= 11 is 3.20. The quantitative estimate of drug-likeness (QED) is 0.735. The first-order valence-electron chi connectivity index (χ1n) is 3.86. The highest BCUT2D eigenvalue weighted by molar-refractivity contribution is 9.10. The van der Waals surface area contributed by atoms with Crippen molar-refractivity contribution in [3.05, 3.63) is 28.4 Å². The van der Waals surface area contributed by atoms with Gasteiger partial charge in [0.2, 0.25) is 0 Å². The minimum atomic E-state index is -0.403. The van der Waals surface area contributed by atoms with Crippen LogP contribution < -0.4 is 0 Å². The molecule has 4 nitrogen and oxygen atoms in total. The second-order valence-electron chi connectivity index (χ2n) is 2.64. The zero-order valence-electron chi connectivity index (χ0n) is 7.28. The average molecular weight is 256 g/mol. The molecule has 0 aliphatic rings. The van der Waals surface area contributed by atoms with Crippen molar-refractivity contribution in [1.29, 1.82) is 0 Å². The van der Waals surface area contributed by atoms with Gasteiger partial charge in [0.15, 0.2) is 10.2 Å². The molecule has 0 spiro atoms. The molecule has 0 unspecified atom stereocenters. The van der Waals surface area contributed by atoms with E-state index in [2.05, 4.69) is 25.8 Å². The molecule has 1 aromatic carbocycles. The van der Waals surface area contributed by atoms with E-state index in [0.717, 1.165) is 0 Å². The molecule has 0 atom stereocenters. The van der Waals surface area contributed by atoms with Gasteiger partial charge in [-0.25, -0.2) is 4.79 Å². The second kappa shape index (κ2) is 3.42. The van der Waals surface area contributed by atoms with E-state index in [1.54, 1.807) is 18.2 Å². The average Bonchev–Trinajstić information content (AvgIpc) is 2.59. The van der Waals surface area contributed by atoms with Gasteiger partial charge in [0, 0.05) is 0 Å². The number of hydrogen-bond donors (Lipinski definition) is 0. The van der Waals surface area contributed by atoms with Gasteiger partial charge in [-0.2, -0.15) is 0 Å². The fraction of sp³-hybridized carbons (Fsp3) is 0.111. The summed E-state index contributed by atoms with van der Waals surface area (Å²) in [4.78, 5) is 11.4. The molecular weight excluding hydrogens is 250 g/mol. The molecule has 0 fully saturated rings. The van der Waals surface area contributed by atoms with Gasteiger partial charge in [-0.05, 0) is 28.1 Å². The van der Waals surface area contributed by atoms with Crippen LogP contribution in [0.15, 0.2) is 27.3 Å². The van der Waals surface area contributed by atoms with E-state index in [1.807, 2.05) is 0 Å². The maximum absolute atomic E-state index is 11.4. The van der Waals surface area contributed by atoms with Gasteiger partial charge < -0.3 is 9.26 Å². The third-order valence-electron chi connectivity index (χ3n) is 1.86. The number of aromatic nitrogens is 1. The van der Waals surface area contributed by atoms with Gasteiger partial charge in [-0.1, -0.05) is 11.2 Å². The fourth-order valence-electron chi connectivity index (χ4n) is 1.23. The molecule has 1 aromatic heterocycles. The Morgan fingerprint density at radius 2 is 2.36 bits per heavy atom. The van der Waals surface area contributed by atoms with Gasteiger partial charge in [-0.15, -0.1) is 0 Å². The molecule has 0 saturated heterocycles. The highest BCUT2D eigenvalue weighted by atomic mass is 79.9. The molecule has 2 aromatic rings. The molecule has 1 heterocycles. The number of hydrogen-bond acceptors (Lipinski definition) is 4. The van der Waals surface area contributed by atoms with Crippen molar-refractivity contribution in [2.24, 2.45) is 0 Å². The van der Waals surface area contributed by atoms with Gasteiger partial charge in [0.25, 0.3) is 0 Å². The number of fused-ring (bicyclic) bond motifs is 1. The van der Waals surface area contributed by atoms with Crippen molar-refractivity contribution in [1.82, 2.24) is 5.16 Å². The lowest BCUT2D eigenvalue weighted by atomic mass is 10.1. The first-order chi connectivity index (χ1) is 6.74. The highest BCUT2D eigenvalue weighted by Gasteiger charge is 2.15. The van der Waals surface area contributed by atoms with E-state index in [-0.39, 0.29) is 0 Å². The largest absolute Gasteiger partial charge is 0.465 e. The lowest BCUT2D eigenvalue weighted by Gasteiger charge is -1.98. The van der Waals surface area contributed by atoms with Crippen LogP contribution in [0.2, 0.25) is 0 Å². The monoisotopic (exact) mass is 255 g/mol. The topological polar surface area (TPSA) is 52.3 Å². The summed E-state index contributed by atoms with van der Waals surface area (Å²) in [6.07, 6.45) is 0. The third kappa shape index (κ3) is 1.29. The van der Waals surface area contributed by atoms with E-state index in [4.69, 9.17) is 4.52 Å². The number of ether oxygens (including phenoxy) is 1. The lowest BCUT2D eigenvalue weighted by molar-refractivity contribution is 0.0603. The van der Waals surface area contributed by atoms with Gasteiger partial charge >= 0.3 is 5.97 Å². The van der Waals surface area contributed by atoms with Crippen molar-refractivity contribution in [2.75, 3.05) is 7.11 Å². The molecule has 72 valence electrons. The molecule has 0 bridgehead atoms. The van der Waals surface area contributed by atoms with Crippen LogP contribution >= 0.6 is 15.9 Å². The number of halogens is 1. The predicted octanol–water partition coefficient (Wildman–Crippen LogP) is 2.38. The van der Waals surface area contributed by atoms with Crippen LogP contribution in [0.4, 0.5) is 0 Å². The van der Waals surface area contributed by atoms with Crippen LogP contribution in [0.25, 0.3) is 11.0 Å². The Morgan fingerprint density at radius 1 is 1.57 bits per heavy atom. The smallest absolute Gasteiger partial charge is 0.338 e. The van der Waals surface area contributed by atoms with E-state index < -0.39 is 5.97 Å². The normalized spacial score (nSPS) is 10.4. The number of esters is 1. The summed E-state index contributed by atoms with van der Waals surface area (Å²) in [6.45, 7) is 0. The first kappa shape index (κ1) is 9.21.